The summed E-state index contributed by atoms with van der Waals surface area (Å²) in [5.74, 6) is 1.30. The molecule has 0 aromatic carbocycles. The van der Waals surface area contributed by atoms with E-state index in [0.717, 1.165) is 18.4 Å². The molecule has 3 N–H and O–H groups in total. The number of hydrogen-bond donors (Lipinski definition) is 3. The van der Waals surface area contributed by atoms with Crippen molar-refractivity contribution in [3.63, 3.8) is 0 Å². The first-order valence-corrected chi connectivity index (χ1v) is 7.00. The fourth-order valence-electron chi connectivity index (χ4n) is 1.80. The third-order valence-electron chi connectivity index (χ3n) is 2.97. The highest BCUT2D eigenvalue weighted by atomic mass is 16.2. The van der Waals surface area contributed by atoms with Crippen molar-refractivity contribution in [2.45, 2.75) is 19.8 Å². The number of nitrogens with zero attached hydrogens (tertiary/aromatic N) is 4. The second-order valence-corrected chi connectivity index (χ2v) is 4.92. The Morgan fingerprint density at radius 2 is 2.10 bits per heavy atom. The molecule has 0 unspecified atom stereocenters. The molecule has 0 aliphatic carbocycles. The molecule has 0 saturated heterocycles. The van der Waals surface area contributed by atoms with Crippen LogP contribution in [-0.2, 0) is 4.79 Å². The van der Waals surface area contributed by atoms with Crippen LogP contribution in [0.15, 0.2) is 6.20 Å². The van der Waals surface area contributed by atoms with Gasteiger partial charge in [-0.15, -0.1) is 0 Å². The van der Waals surface area contributed by atoms with Gasteiger partial charge in [-0.1, -0.05) is 6.92 Å². The molecule has 0 fully saturated rings. The van der Waals surface area contributed by atoms with E-state index in [4.69, 9.17) is 0 Å². The van der Waals surface area contributed by atoms with Crippen molar-refractivity contribution in [1.82, 2.24) is 25.1 Å². The number of fused-ring (bicyclic) bond motifs is 1. The molecule has 0 spiro atoms. The van der Waals surface area contributed by atoms with Gasteiger partial charge in [-0.3, -0.25) is 9.89 Å². The van der Waals surface area contributed by atoms with Gasteiger partial charge in [0, 0.05) is 33.6 Å². The monoisotopic (exact) mass is 291 g/mol. The second kappa shape index (κ2) is 6.87. The summed E-state index contributed by atoms with van der Waals surface area (Å²) >= 11 is 0. The first-order chi connectivity index (χ1) is 10.1. The molecular formula is C13H21N7O. The summed E-state index contributed by atoms with van der Waals surface area (Å²) in [7, 11) is 3.49. The second-order valence-electron chi connectivity index (χ2n) is 4.92. The zero-order valence-corrected chi connectivity index (χ0v) is 12.6. The topological polar surface area (TPSA) is 98.8 Å². The largest absolute Gasteiger partial charge is 0.369 e. The number of H-pyrrole nitrogens is 1. The van der Waals surface area contributed by atoms with Gasteiger partial charge in [0.25, 0.3) is 0 Å². The van der Waals surface area contributed by atoms with Crippen LogP contribution < -0.4 is 10.6 Å². The van der Waals surface area contributed by atoms with E-state index < -0.39 is 0 Å². The van der Waals surface area contributed by atoms with Gasteiger partial charge >= 0.3 is 0 Å². The number of amides is 1. The Bertz CT molecular complexity index is 608. The van der Waals surface area contributed by atoms with Gasteiger partial charge in [0.2, 0.25) is 11.9 Å². The van der Waals surface area contributed by atoms with Crippen molar-refractivity contribution in [3.05, 3.63) is 6.20 Å². The quantitative estimate of drug-likeness (QED) is 0.705. The molecule has 0 aliphatic heterocycles. The molecule has 0 saturated carbocycles. The zero-order valence-electron chi connectivity index (χ0n) is 12.6. The molecule has 2 aromatic heterocycles. The average Bonchev–Trinajstić information content (AvgIpc) is 2.93. The Morgan fingerprint density at radius 3 is 2.81 bits per heavy atom. The van der Waals surface area contributed by atoms with Gasteiger partial charge < -0.3 is 15.5 Å². The molecule has 114 valence electrons. The van der Waals surface area contributed by atoms with E-state index in [-0.39, 0.29) is 5.91 Å². The molecule has 1 amide bonds. The maximum absolute atomic E-state index is 11.6. The lowest BCUT2D eigenvalue weighted by Gasteiger charge is -2.12. The maximum Gasteiger partial charge on any atom is 0.226 e. The molecule has 0 atom stereocenters. The van der Waals surface area contributed by atoms with Crippen LogP contribution in [0.25, 0.3) is 11.0 Å². The molecule has 21 heavy (non-hydrogen) atoms. The number of anilines is 2. The molecule has 0 radical (unpaired) electrons. The Hall–Kier alpha value is -2.38. The predicted octanol–water partition coefficient (Wildman–Crippen LogP) is 1.06. The molecule has 2 heterocycles. The van der Waals surface area contributed by atoms with E-state index in [1.54, 1.807) is 25.2 Å². The van der Waals surface area contributed by atoms with Crippen molar-refractivity contribution < 1.29 is 4.79 Å². The van der Waals surface area contributed by atoms with Gasteiger partial charge in [0.05, 0.1) is 11.6 Å². The van der Waals surface area contributed by atoms with Crippen LogP contribution in [0.1, 0.15) is 19.8 Å². The summed E-state index contributed by atoms with van der Waals surface area (Å²) < 4.78 is 0. The van der Waals surface area contributed by atoms with E-state index in [1.165, 1.54) is 0 Å². The highest BCUT2D eigenvalue weighted by Crippen LogP contribution is 2.19. The van der Waals surface area contributed by atoms with E-state index in [1.807, 2.05) is 0 Å². The lowest BCUT2D eigenvalue weighted by atomic mass is 10.3. The Balaban J connectivity index is 2.09. The van der Waals surface area contributed by atoms with E-state index in [9.17, 15) is 4.79 Å². The van der Waals surface area contributed by atoms with Gasteiger partial charge in [0.1, 0.15) is 5.82 Å². The van der Waals surface area contributed by atoms with Crippen LogP contribution in [-0.4, -0.2) is 58.2 Å². The Labute approximate surface area is 123 Å². The maximum atomic E-state index is 11.6. The van der Waals surface area contributed by atoms with Gasteiger partial charge in [-0.2, -0.15) is 15.1 Å². The number of carbonyl (C=O) groups excluding carboxylic acids is 1. The lowest BCUT2D eigenvalue weighted by Crippen LogP contribution is -2.24. The average molecular weight is 291 g/mol. The summed E-state index contributed by atoms with van der Waals surface area (Å²) in [5.41, 5.74) is 0.671. The molecule has 2 aromatic rings. The van der Waals surface area contributed by atoms with E-state index >= 15 is 0 Å². The fraction of sp³-hybridized carbons (Fsp3) is 0.538. The highest BCUT2D eigenvalue weighted by molar-refractivity contribution is 5.87. The number of aromatic nitrogens is 4. The minimum Gasteiger partial charge on any atom is -0.369 e. The number of aromatic amines is 1. The predicted molar refractivity (Wildman–Crippen MR) is 82.3 cm³/mol. The molecular weight excluding hydrogens is 270 g/mol. The summed E-state index contributed by atoms with van der Waals surface area (Å²) in [6.45, 7) is 3.40. The Kier molecular flexibility index (Phi) is 4.91. The summed E-state index contributed by atoms with van der Waals surface area (Å²) in [6.07, 6.45) is 3.08. The summed E-state index contributed by atoms with van der Waals surface area (Å²) in [6, 6.07) is 0. The first kappa shape index (κ1) is 15.0. The summed E-state index contributed by atoms with van der Waals surface area (Å²) in [5, 5.41) is 14.0. The molecule has 0 bridgehead atoms. The standard InChI is InChI=1S/C13H21N7O/c1-4-6-15-13-17-11(9-8-16-19-12(9)18-13)14-7-5-10(21)20(2)3/h8H,4-7H2,1-3H3,(H3,14,15,16,17,18,19). The fourth-order valence-corrected chi connectivity index (χ4v) is 1.80. The van der Waals surface area contributed by atoms with Crippen LogP contribution in [0, 0.1) is 0 Å². The molecule has 2 rings (SSSR count). The van der Waals surface area contributed by atoms with Crippen molar-refractivity contribution in [3.8, 4) is 0 Å². The minimum absolute atomic E-state index is 0.0734. The molecule has 8 heteroatoms. The van der Waals surface area contributed by atoms with Crippen molar-refractivity contribution >= 4 is 28.7 Å². The van der Waals surface area contributed by atoms with Gasteiger partial charge in [-0.25, -0.2) is 0 Å². The normalized spacial score (nSPS) is 10.6. The van der Waals surface area contributed by atoms with Crippen LogP contribution in [0.3, 0.4) is 0 Å². The van der Waals surface area contributed by atoms with Gasteiger partial charge in [0.15, 0.2) is 5.65 Å². The van der Waals surface area contributed by atoms with Crippen molar-refractivity contribution in [2.75, 3.05) is 37.8 Å². The minimum atomic E-state index is 0.0734. The smallest absolute Gasteiger partial charge is 0.226 e. The van der Waals surface area contributed by atoms with Crippen LogP contribution in [0.5, 0.6) is 0 Å². The third-order valence-corrected chi connectivity index (χ3v) is 2.97. The first-order valence-electron chi connectivity index (χ1n) is 7.00. The van der Waals surface area contributed by atoms with Crippen LogP contribution in [0.4, 0.5) is 11.8 Å². The van der Waals surface area contributed by atoms with Crippen molar-refractivity contribution in [1.29, 1.82) is 0 Å². The molecule has 8 nitrogen and oxygen atoms in total. The Morgan fingerprint density at radius 1 is 1.29 bits per heavy atom. The van der Waals surface area contributed by atoms with Crippen molar-refractivity contribution in [2.24, 2.45) is 0 Å². The lowest BCUT2D eigenvalue weighted by molar-refractivity contribution is -0.128. The number of rotatable bonds is 7. The molecule has 0 aliphatic rings. The summed E-state index contributed by atoms with van der Waals surface area (Å²) in [4.78, 5) is 21.9. The van der Waals surface area contributed by atoms with Gasteiger partial charge in [-0.05, 0) is 6.42 Å². The highest BCUT2D eigenvalue weighted by Gasteiger charge is 2.10. The number of carbonyl (C=O) groups is 1. The third kappa shape index (κ3) is 3.80. The number of hydrogen-bond acceptors (Lipinski definition) is 6. The van der Waals surface area contributed by atoms with Crippen LogP contribution in [0.2, 0.25) is 0 Å². The number of nitrogens with one attached hydrogen (secondary N) is 3. The van der Waals surface area contributed by atoms with E-state index in [0.29, 0.717) is 30.4 Å². The zero-order chi connectivity index (χ0) is 15.2. The van der Waals surface area contributed by atoms with Crippen LogP contribution >= 0.6 is 0 Å². The van der Waals surface area contributed by atoms with E-state index in [2.05, 4.69) is 37.7 Å². The SMILES string of the molecule is CCCNc1nc(NCCC(=O)N(C)C)c2cn[nH]c2n1.